The number of carbonyl (C=O) groups is 2. The summed E-state index contributed by atoms with van der Waals surface area (Å²) < 4.78 is 67.6. The molecular weight excluding hydrogens is 441 g/mol. The molecule has 0 unspecified atom stereocenters. The molecule has 0 aliphatic rings. The molecule has 168 valence electrons. The Hall–Kier alpha value is -2.75. The van der Waals surface area contributed by atoms with E-state index in [1.807, 2.05) is 0 Å². The Kier molecular flexibility index (Phi) is 6.94. The Morgan fingerprint density at radius 3 is 2.16 bits per heavy atom. The minimum absolute atomic E-state index is 0.00224. The molecule has 0 saturated heterocycles. The molecule has 1 amide bonds. The van der Waals surface area contributed by atoms with E-state index in [-0.39, 0.29) is 33.7 Å². The van der Waals surface area contributed by atoms with Gasteiger partial charge in [-0.15, -0.1) is 11.3 Å². The highest BCUT2D eigenvalue weighted by molar-refractivity contribution is 7.14. The third kappa shape index (κ3) is 5.49. The summed E-state index contributed by atoms with van der Waals surface area (Å²) in [7, 11) is 0. The van der Waals surface area contributed by atoms with Crippen molar-refractivity contribution in [2.75, 3.05) is 0 Å². The number of halogens is 5. The van der Waals surface area contributed by atoms with Gasteiger partial charge in [-0.25, -0.2) is 13.6 Å². The van der Waals surface area contributed by atoms with Gasteiger partial charge < -0.3 is 10.4 Å². The van der Waals surface area contributed by atoms with Gasteiger partial charge in [-0.1, -0.05) is 13.5 Å². The topological polar surface area (TPSA) is 66.4 Å². The van der Waals surface area contributed by atoms with Crippen molar-refractivity contribution in [2.24, 2.45) is 0 Å². The number of allylic oxidation sites excluding steroid dienone is 1. The number of rotatable bonds is 7. The number of benzene rings is 1. The van der Waals surface area contributed by atoms with Crippen molar-refractivity contribution >= 4 is 23.2 Å². The van der Waals surface area contributed by atoms with Crippen molar-refractivity contribution in [1.29, 1.82) is 0 Å². The Morgan fingerprint density at radius 1 is 1.10 bits per heavy atom. The molecule has 1 aromatic carbocycles. The summed E-state index contributed by atoms with van der Waals surface area (Å²) in [6.45, 7) is 7.80. The van der Waals surface area contributed by atoms with Crippen LogP contribution in [0.2, 0.25) is 0 Å². The summed E-state index contributed by atoms with van der Waals surface area (Å²) in [6, 6.07) is 2.11. The van der Waals surface area contributed by atoms with E-state index in [1.165, 1.54) is 6.92 Å². The summed E-state index contributed by atoms with van der Waals surface area (Å²) in [6.07, 6.45) is -5.80. The Balaban J connectivity index is 2.31. The first kappa shape index (κ1) is 24.5. The van der Waals surface area contributed by atoms with Gasteiger partial charge in [0.15, 0.2) is 0 Å². The number of aryl methyl sites for hydroxylation is 1. The van der Waals surface area contributed by atoms with Crippen LogP contribution < -0.4 is 5.32 Å². The number of carboxylic acids is 1. The van der Waals surface area contributed by atoms with Crippen molar-refractivity contribution in [3.63, 3.8) is 0 Å². The van der Waals surface area contributed by atoms with Crippen LogP contribution in [0, 0.1) is 13.8 Å². The Morgan fingerprint density at radius 2 is 1.68 bits per heavy atom. The maximum Gasteiger partial charge on any atom is 0.416 e. The predicted molar refractivity (Wildman–Crippen MR) is 107 cm³/mol. The zero-order valence-corrected chi connectivity index (χ0v) is 17.7. The van der Waals surface area contributed by atoms with Crippen LogP contribution in [0.25, 0.3) is 0 Å². The lowest BCUT2D eigenvalue weighted by Crippen LogP contribution is -2.24. The average Bonchev–Trinajstić information content (AvgIpc) is 2.95. The van der Waals surface area contributed by atoms with Crippen LogP contribution in [0.3, 0.4) is 0 Å². The molecule has 0 saturated carbocycles. The lowest BCUT2D eigenvalue weighted by atomic mass is 9.97. The van der Waals surface area contributed by atoms with Crippen molar-refractivity contribution < 1.29 is 36.6 Å². The van der Waals surface area contributed by atoms with Crippen LogP contribution in [0.15, 0.2) is 30.5 Å². The SMILES string of the molecule is C=C(Cc1cc(C(F)(F)F)cc(C(F)(F)CC)c1)NC(=O)c1c(C)sc(C(=O)O)c1C. The van der Waals surface area contributed by atoms with Gasteiger partial charge in [0, 0.05) is 29.0 Å². The van der Waals surface area contributed by atoms with Crippen LogP contribution in [0.4, 0.5) is 22.0 Å². The number of carbonyl (C=O) groups excluding carboxylic acids is 1. The van der Waals surface area contributed by atoms with E-state index in [2.05, 4.69) is 11.9 Å². The molecule has 0 atom stereocenters. The monoisotopic (exact) mass is 461 g/mol. The number of nitrogens with one attached hydrogen (secondary N) is 1. The normalized spacial score (nSPS) is 12.0. The van der Waals surface area contributed by atoms with Gasteiger partial charge >= 0.3 is 12.1 Å². The highest BCUT2D eigenvalue weighted by Crippen LogP contribution is 2.37. The van der Waals surface area contributed by atoms with Gasteiger partial charge in [0.2, 0.25) is 0 Å². The van der Waals surface area contributed by atoms with E-state index >= 15 is 0 Å². The molecule has 0 spiro atoms. The van der Waals surface area contributed by atoms with E-state index in [4.69, 9.17) is 0 Å². The molecule has 2 aromatic rings. The van der Waals surface area contributed by atoms with Gasteiger partial charge in [0.05, 0.1) is 11.1 Å². The number of hydrogen-bond acceptors (Lipinski definition) is 3. The molecule has 1 heterocycles. The number of hydrogen-bond donors (Lipinski definition) is 2. The zero-order chi connectivity index (χ0) is 23.7. The molecule has 0 bridgehead atoms. The maximum absolute atomic E-state index is 14.1. The first-order valence-corrected chi connectivity index (χ1v) is 9.90. The van der Waals surface area contributed by atoms with Crippen molar-refractivity contribution in [2.45, 2.75) is 45.7 Å². The van der Waals surface area contributed by atoms with Crippen LogP contribution in [0.5, 0.6) is 0 Å². The number of alkyl halides is 5. The number of aromatic carboxylic acids is 1. The first-order chi connectivity index (χ1) is 14.2. The zero-order valence-electron chi connectivity index (χ0n) is 16.9. The van der Waals surface area contributed by atoms with Crippen LogP contribution in [-0.2, 0) is 18.5 Å². The fraction of sp³-hybridized carbons (Fsp3) is 0.333. The molecule has 10 heteroatoms. The van der Waals surface area contributed by atoms with Crippen LogP contribution in [0.1, 0.15) is 60.5 Å². The molecule has 1 aromatic heterocycles. The Labute approximate surface area is 179 Å². The average molecular weight is 461 g/mol. The van der Waals surface area contributed by atoms with Crippen molar-refractivity contribution in [3.05, 3.63) is 68.0 Å². The molecule has 0 aliphatic carbocycles. The minimum Gasteiger partial charge on any atom is -0.477 e. The van der Waals surface area contributed by atoms with Gasteiger partial charge in [-0.2, -0.15) is 13.2 Å². The second kappa shape index (κ2) is 8.78. The summed E-state index contributed by atoms with van der Waals surface area (Å²) in [5, 5.41) is 11.6. The summed E-state index contributed by atoms with van der Waals surface area (Å²) in [5.74, 6) is -5.30. The summed E-state index contributed by atoms with van der Waals surface area (Å²) in [4.78, 5) is 24.2. The van der Waals surface area contributed by atoms with Crippen molar-refractivity contribution in [3.8, 4) is 0 Å². The lowest BCUT2D eigenvalue weighted by molar-refractivity contribution is -0.137. The van der Waals surface area contributed by atoms with E-state index in [0.29, 0.717) is 10.9 Å². The molecular formula is C21H20F5NO3S. The molecule has 0 fully saturated rings. The van der Waals surface area contributed by atoms with Gasteiger partial charge in [0.25, 0.3) is 11.8 Å². The maximum atomic E-state index is 14.1. The largest absolute Gasteiger partial charge is 0.477 e. The van der Waals surface area contributed by atoms with E-state index < -0.39 is 41.5 Å². The smallest absolute Gasteiger partial charge is 0.416 e. The second-order valence-electron chi connectivity index (χ2n) is 7.00. The number of carboxylic acid groups (broad SMARTS) is 1. The molecule has 0 radical (unpaired) electrons. The minimum atomic E-state index is -4.82. The molecule has 2 rings (SSSR count). The lowest BCUT2D eigenvalue weighted by Gasteiger charge is -2.19. The van der Waals surface area contributed by atoms with E-state index in [9.17, 15) is 36.6 Å². The van der Waals surface area contributed by atoms with E-state index in [0.717, 1.165) is 30.4 Å². The summed E-state index contributed by atoms with van der Waals surface area (Å²) >= 11 is 0.922. The molecule has 2 N–H and O–H groups in total. The van der Waals surface area contributed by atoms with Crippen LogP contribution >= 0.6 is 11.3 Å². The van der Waals surface area contributed by atoms with Crippen molar-refractivity contribution in [1.82, 2.24) is 5.32 Å². The fourth-order valence-corrected chi connectivity index (χ4v) is 4.08. The predicted octanol–water partition coefficient (Wildman–Crippen LogP) is 6.07. The fourth-order valence-electron chi connectivity index (χ4n) is 3.08. The van der Waals surface area contributed by atoms with Crippen LogP contribution in [-0.4, -0.2) is 17.0 Å². The summed E-state index contributed by atoms with van der Waals surface area (Å²) in [5.41, 5.74) is -1.71. The third-order valence-electron chi connectivity index (χ3n) is 4.64. The van der Waals surface area contributed by atoms with E-state index in [1.54, 1.807) is 6.92 Å². The van der Waals surface area contributed by atoms with Gasteiger partial charge in [-0.05, 0) is 43.2 Å². The molecule has 4 nitrogen and oxygen atoms in total. The third-order valence-corrected chi connectivity index (χ3v) is 5.83. The quantitative estimate of drug-likeness (QED) is 0.492. The number of amides is 1. The molecule has 31 heavy (non-hydrogen) atoms. The second-order valence-corrected chi connectivity index (χ2v) is 8.23. The first-order valence-electron chi connectivity index (χ1n) is 9.09. The highest BCUT2D eigenvalue weighted by Gasteiger charge is 2.36. The molecule has 0 aliphatic heterocycles. The highest BCUT2D eigenvalue weighted by atomic mass is 32.1. The Bertz CT molecular complexity index is 1040. The van der Waals surface area contributed by atoms with Gasteiger partial charge in [-0.3, -0.25) is 4.79 Å². The number of thiophene rings is 1. The van der Waals surface area contributed by atoms with Gasteiger partial charge in [0.1, 0.15) is 4.88 Å². The standard InChI is InChI=1S/C21H20F5NO3S/c1-5-20(22,23)14-7-13(8-15(9-14)21(24,25)26)6-10(2)27-18(28)16-11(3)17(19(29)30)31-12(16)4/h7-9H,2,5-6H2,1,3-4H3,(H,27,28)(H,29,30).